The Balaban J connectivity index is 1.03. The van der Waals surface area contributed by atoms with Gasteiger partial charge < -0.3 is 9.15 Å². The molecule has 2 aromatic heterocycles. The van der Waals surface area contributed by atoms with Gasteiger partial charge in [0.05, 0.1) is 5.41 Å². The topological polar surface area (TPSA) is 38.5 Å². The summed E-state index contributed by atoms with van der Waals surface area (Å²) in [6.45, 7) is 4.68. The maximum atomic E-state index is 6.85. The minimum Gasteiger partial charge on any atom is -0.457 e. The largest absolute Gasteiger partial charge is 0.457 e. The summed E-state index contributed by atoms with van der Waals surface area (Å²) in [5, 5.41) is 2.20. The van der Waals surface area contributed by atoms with E-state index in [0.29, 0.717) is 0 Å². The molecule has 4 nitrogen and oxygen atoms in total. The third kappa shape index (κ3) is 4.62. The van der Waals surface area contributed by atoms with E-state index in [1.54, 1.807) is 0 Å². The van der Waals surface area contributed by atoms with E-state index < -0.39 is 5.41 Å². The van der Waals surface area contributed by atoms with Gasteiger partial charge in [0.15, 0.2) is 0 Å². The van der Waals surface area contributed by atoms with Crippen LogP contribution in [0, 0.1) is 0 Å². The average molecular weight is 783 g/mol. The van der Waals surface area contributed by atoms with Crippen LogP contribution in [0.4, 0.5) is 17.2 Å². The van der Waals surface area contributed by atoms with Crippen molar-refractivity contribution in [2.45, 2.75) is 24.7 Å². The maximum absolute atomic E-state index is 6.85. The molecule has 8 aromatic carbocycles. The van der Waals surface area contributed by atoms with Crippen molar-refractivity contribution in [1.29, 1.82) is 0 Å². The van der Waals surface area contributed by atoms with Crippen molar-refractivity contribution < 1.29 is 9.15 Å². The van der Waals surface area contributed by atoms with Crippen molar-refractivity contribution in [3.05, 3.63) is 228 Å². The number of anilines is 3. The summed E-state index contributed by atoms with van der Waals surface area (Å²) >= 11 is 0. The van der Waals surface area contributed by atoms with E-state index in [4.69, 9.17) is 14.1 Å². The second kappa shape index (κ2) is 12.4. The molecule has 61 heavy (non-hydrogen) atoms. The van der Waals surface area contributed by atoms with E-state index in [9.17, 15) is 0 Å². The van der Waals surface area contributed by atoms with Crippen LogP contribution < -0.4 is 9.64 Å². The fraction of sp³-hybridized carbons (Fsp3) is 0.0702. The zero-order valence-corrected chi connectivity index (χ0v) is 33.7. The number of hydrogen-bond acceptors (Lipinski definition) is 4. The molecule has 0 atom stereocenters. The van der Waals surface area contributed by atoms with E-state index in [0.717, 1.165) is 72.9 Å². The molecule has 10 aromatic rings. The molecule has 2 aliphatic carbocycles. The van der Waals surface area contributed by atoms with Gasteiger partial charge in [0.25, 0.3) is 0 Å². The molecule has 288 valence electrons. The fourth-order valence-corrected chi connectivity index (χ4v) is 10.9. The zero-order chi connectivity index (χ0) is 40.5. The standard InChI is InChI=1S/C57H38N2O2/c1-56(2)44-19-7-3-14-39(44)42-29-27-36(32-48(42)56)59(54-31-26-35(34-58-54)38-18-13-25-53-55(38)43-17-6-11-23-50(43)60-53)37-28-30-52-49(33-37)57(47-22-10-12-24-51(47)61-52)45-20-8-4-15-40(45)41-16-5-9-21-46(41)57/h3-34H,1-2H3. The summed E-state index contributed by atoms with van der Waals surface area (Å²) < 4.78 is 13.1. The molecule has 1 aliphatic heterocycles. The van der Waals surface area contributed by atoms with Crippen LogP contribution in [0.1, 0.15) is 47.2 Å². The average Bonchev–Trinajstić information content (AvgIpc) is 3.91. The predicted octanol–water partition coefficient (Wildman–Crippen LogP) is 14.9. The molecule has 0 fully saturated rings. The van der Waals surface area contributed by atoms with Crippen LogP contribution in [0.15, 0.2) is 199 Å². The number of hydrogen-bond donors (Lipinski definition) is 0. The molecule has 0 bridgehead atoms. The molecule has 0 radical (unpaired) electrons. The summed E-state index contributed by atoms with van der Waals surface area (Å²) in [6.07, 6.45) is 2.01. The predicted molar refractivity (Wildman–Crippen MR) is 247 cm³/mol. The van der Waals surface area contributed by atoms with Gasteiger partial charge in [-0.2, -0.15) is 0 Å². The van der Waals surface area contributed by atoms with Crippen LogP contribution in [0.3, 0.4) is 0 Å². The molecule has 0 unspecified atom stereocenters. The maximum Gasteiger partial charge on any atom is 0.137 e. The Bertz CT molecular complexity index is 3400. The van der Waals surface area contributed by atoms with Gasteiger partial charge in [0.1, 0.15) is 28.5 Å². The van der Waals surface area contributed by atoms with Crippen molar-refractivity contribution in [2.24, 2.45) is 0 Å². The molecule has 0 N–H and O–H groups in total. The lowest BCUT2D eigenvalue weighted by Gasteiger charge is -2.40. The van der Waals surface area contributed by atoms with E-state index in [2.05, 4.69) is 189 Å². The minimum atomic E-state index is -0.593. The van der Waals surface area contributed by atoms with Crippen LogP contribution in [0.5, 0.6) is 11.5 Å². The first-order valence-electron chi connectivity index (χ1n) is 21.0. The first kappa shape index (κ1) is 34.2. The first-order valence-corrected chi connectivity index (χ1v) is 21.0. The molecule has 3 aliphatic rings. The van der Waals surface area contributed by atoms with Crippen LogP contribution >= 0.6 is 0 Å². The van der Waals surface area contributed by atoms with Gasteiger partial charge in [0, 0.05) is 50.4 Å². The Hall–Kier alpha value is -7.69. The van der Waals surface area contributed by atoms with Gasteiger partial charge in [-0.1, -0.05) is 141 Å². The number of ether oxygens (including phenoxy) is 1. The number of nitrogens with zero attached hydrogens (tertiary/aromatic N) is 2. The van der Waals surface area contributed by atoms with Crippen molar-refractivity contribution in [3.8, 4) is 44.9 Å². The Kier molecular flexibility index (Phi) is 6.96. The van der Waals surface area contributed by atoms with Crippen LogP contribution in [-0.2, 0) is 10.8 Å². The fourth-order valence-electron chi connectivity index (χ4n) is 10.9. The minimum absolute atomic E-state index is 0.175. The van der Waals surface area contributed by atoms with Crippen molar-refractivity contribution >= 4 is 39.1 Å². The van der Waals surface area contributed by atoms with Gasteiger partial charge >= 0.3 is 0 Å². The van der Waals surface area contributed by atoms with Crippen LogP contribution in [-0.4, -0.2) is 4.98 Å². The van der Waals surface area contributed by atoms with Crippen molar-refractivity contribution in [2.75, 3.05) is 4.90 Å². The lowest BCUT2D eigenvalue weighted by molar-refractivity contribution is 0.436. The summed E-state index contributed by atoms with van der Waals surface area (Å²) in [5.74, 6) is 2.55. The van der Waals surface area contributed by atoms with E-state index in [1.165, 1.54) is 44.5 Å². The SMILES string of the molecule is CC1(C)c2ccccc2-c2ccc(N(c3ccc4c(c3)C3(c5ccccc5O4)c4ccccc4-c4ccccc43)c3ccc(-c4cccc5oc6ccccc6c45)cn3)cc21. The van der Waals surface area contributed by atoms with E-state index >= 15 is 0 Å². The summed E-state index contributed by atoms with van der Waals surface area (Å²) in [7, 11) is 0. The van der Waals surface area contributed by atoms with Gasteiger partial charge in [-0.3, -0.25) is 4.90 Å². The van der Waals surface area contributed by atoms with Gasteiger partial charge in [-0.15, -0.1) is 0 Å². The lowest BCUT2D eigenvalue weighted by Crippen LogP contribution is -2.32. The van der Waals surface area contributed by atoms with E-state index in [1.807, 2.05) is 24.4 Å². The smallest absolute Gasteiger partial charge is 0.137 e. The van der Waals surface area contributed by atoms with E-state index in [-0.39, 0.29) is 5.41 Å². The zero-order valence-electron chi connectivity index (χ0n) is 33.7. The Morgan fingerprint density at radius 3 is 1.77 bits per heavy atom. The van der Waals surface area contributed by atoms with Gasteiger partial charge in [0.2, 0.25) is 0 Å². The van der Waals surface area contributed by atoms with Crippen LogP contribution in [0.25, 0.3) is 55.3 Å². The summed E-state index contributed by atoms with van der Waals surface area (Å²) in [5.41, 5.74) is 17.6. The number of pyridine rings is 1. The second-order valence-corrected chi connectivity index (χ2v) is 17.0. The Morgan fingerprint density at radius 2 is 1.02 bits per heavy atom. The highest BCUT2D eigenvalue weighted by atomic mass is 16.5. The van der Waals surface area contributed by atoms with Crippen LogP contribution in [0.2, 0.25) is 0 Å². The molecule has 0 amide bonds. The highest BCUT2D eigenvalue weighted by molar-refractivity contribution is 6.12. The molecule has 4 heteroatoms. The molecular weight excluding hydrogens is 745 g/mol. The number of para-hydroxylation sites is 2. The Morgan fingerprint density at radius 1 is 0.443 bits per heavy atom. The number of aromatic nitrogens is 1. The monoisotopic (exact) mass is 782 g/mol. The van der Waals surface area contributed by atoms with Crippen molar-refractivity contribution in [1.82, 2.24) is 4.98 Å². The Labute approximate surface area is 354 Å². The van der Waals surface area contributed by atoms with Crippen molar-refractivity contribution in [3.63, 3.8) is 0 Å². The second-order valence-electron chi connectivity index (χ2n) is 17.0. The lowest BCUT2D eigenvalue weighted by atomic mass is 9.66. The number of furan rings is 1. The quantitative estimate of drug-likeness (QED) is 0.178. The molecule has 1 spiro atoms. The normalized spacial score (nSPS) is 14.5. The third-order valence-corrected chi connectivity index (χ3v) is 13.6. The highest BCUT2D eigenvalue weighted by Gasteiger charge is 2.51. The molecule has 3 heterocycles. The summed E-state index contributed by atoms with van der Waals surface area (Å²) in [6, 6.07) is 67.7. The summed E-state index contributed by atoms with van der Waals surface area (Å²) in [4.78, 5) is 7.64. The molecular formula is C57H38N2O2. The molecule has 0 saturated carbocycles. The third-order valence-electron chi connectivity index (χ3n) is 13.6. The van der Waals surface area contributed by atoms with Gasteiger partial charge in [-0.25, -0.2) is 4.98 Å². The van der Waals surface area contributed by atoms with Gasteiger partial charge in [-0.05, 0) is 111 Å². The first-order chi connectivity index (χ1) is 30.0. The molecule has 13 rings (SSSR count). The number of fused-ring (bicyclic) bond motifs is 15. The number of rotatable bonds is 4. The highest BCUT2D eigenvalue weighted by Crippen LogP contribution is 2.62. The number of benzene rings is 8. The molecule has 0 saturated heterocycles.